The molecule has 0 bridgehead atoms. The molecule has 2 N–H and O–H groups in total. The van der Waals surface area contributed by atoms with E-state index in [2.05, 4.69) is 11.1 Å². The summed E-state index contributed by atoms with van der Waals surface area (Å²) >= 11 is 0.347. The average molecular weight is 378 g/mol. The van der Waals surface area contributed by atoms with Gasteiger partial charge in [0.05, 0.1) is 0 Å². The van der Waals surface area contributed by atoms with Gasteiger partial charge in [-0.25, -0.2) is 0 Å². The van der Waals surface area contributed by atoms with Crippen molar-refractivity contribution in [1.82, 2.24) is 5.32 Å². The second-order valence-electron chi connectivity index (χ2n) is 4.75. The van der Waals surface area contributed by atoms with E-state index in [1.807, 2.05) is 42.5 Å². The van der Waals surface area contributed by atoms with E-state index < -0.39 is 18.1 Å². The molecule has 2 aromatic carbocycles. The molecule has 1 atom stereocenters. The number of carbonyl (C=O) groups is 2. The molecule has 6 heteroatoms. The Bertz CT molecular complexity index is 658. The van der Waals surface area contributed by atoms with E-state index in [9.17, 15) is 14.7 Å². The molecule has 0 aromatic heterocycles. The number of benzene rings is 2. The van der Waals surface area contributed by atoms with Gasteiger partial charge in [-0.2, -0.15) is 0 Å². The number of rotatable bonds is 6. The number of hydrogen-bond donors (Lipinski definition) is 2. The minimum atomic E-state index is -1.13. The topological polar surface area (TPSA) is 75.6 Å². The van der Waals surface area contributed by atoms with Gasteiger partial charge < -0.3 is 0 Å². The number of carboxylic acid groups (broad SMARTS) is 1. The molecule has 1 amide bonds. The predicted octanol–water partition coefficient (Wildman–Crippen LogP) is 2.12. The fraction of sp³-hybridized carbons (Fsp3) is 0.176. The zero-order valence-electron chi connectivity index (χ0n) is 12.6. The van der Waals surface area contributed by atoms with Crippen molar-refractivity contribution in [3.8, 4) is 0 Å². The van der Waals surface area contributed by atoms with Crippen LogP contribution in [0.15, 0.2) is 54.6 Å². The molecule has 0 spiro atoms. The predicted molar refractivity (Wildman–Crippen MR) is 87.8 cm³/mol. The summed E-state index contributed by atoms with van der Waals surface area (Å²) in [6.45, 7) is 0.0936. The molecule has 0 heterocycles. The number of nitrogens with one attached hydrogen (secondary N) is 1. The van der Waals surface area contributed by atoms with E-state index in [-0.39, 0.29) is 6.61 Å². The molecule has 0 saturated carbocycles. The summed E-state index contributed by atoms with van der Waals surface area (Å²) < 4.78 is 6.23. The Balaban J connectivity index is 1.98. The van der Waals surface area contributed by atoms with Crippen LogP contribution < -0.4 is 9.78 Å². The fourth-order valence-corrected chi connectivity index (χ4v) is 2.82. The van der Waals surface area contributed by atoms with E-state index >= 15 is 0 Å². The number of aliphatic carboxylic acids is 1. The molecule has 2 aromatic rings. The van der Waals surface area contributed by atoms with Crippen molar-refractivity contribution in [2.75, 3.05) is 0 Å². The van der Waals surface area contributed by atoms with E-state index in [4.69, 9.17) is 4.74 Å². The third kappa shape index (κ3) is 5.13. The molecule has 0 saturated heterocycles. The van der Waals surface area contributed by atoms with Crippen LogP contribution in [-0.4, -0.2) is 32.1 Å². The molecular weight excluding hydrogens is 361 g/mol. The van der Waals surface area contributed by atoms with Crippen molar-refractivity contribution in [1.29, 1.82) is 0 Å². The van der Waals surface area contributed by atoms with E-state index in [1.165, 1.54) is 0 Å². The SMILES string of the molecule is C[Se]c1ccc(C(NC(=O)OCc2ccccc2)C(=O)O)cc1. The van der Waals surface area contributed by atoms with Crippen molar-refractivity contribution >= 4 is 31.5 Å². The molecule has 120 valence electrons. The summed E-state index contributed by atoms with van der Waals surface area (Å²) in [4.78, 5) is 23.2. The summed E-state index contributed by atoms with van der Waals surface area (Å²) in [5.74, 6) is 0.951. The first-order valence-corrected chi connectivity index (χ1v) is 9.51. The molecule has 1 unspecified atom stereocenters. The average Bonchev–Trinajstić information content (AvgIpc) is 2.58. The van der Waals surface area contributed by atoms with Crippen molar-refractivity contribution in [3.05, 3.63) is 65.7 Å². The van der Waals surface area contributed by atoms with Crippen LogP contribution in [0, 0.1) is 0 Å². The minimum absolute atomic E-state index is 0.0936. The first-order valence-electron chi connectivity index (χ1n) is 6.94. The van der Waals surface area contributed by atoms with E-state index in [0.29, 0.717) is 20.5 Å². The second-order valence-corrected chi connectivity index (χ2v) is 6.60. The third-order valence-corrected chi connectivity index (χ3v) is 4.73. The number of alkyl carbamates (subject to hydrolysis) is 1. The molecule has 0 aliphatic carbocycles. The molecule has 23 heavy (non-hydrogen) atoms. The van der Waals surface area contributed by atoms with Crippen LogP contribution in [0.1, 0.15) is 17.2 Å². The maximum atomic E-state index is 11.8. The van der Waals surface area contributed by atoms with Crippen LogP contribution in [0.3, 0.4) is 0 Å². The van der Waals surface area contributed by atoms with Crippen LogP contribution in [0.25, 0.3) is 0 Å². The number of carbonyl (C=O) groups excluding carboxylic acids is 1. The van der Waals surface area contributed by atoms with Crippen LogP contribution in [-0.2, 0) is 16.1 Å². The first-order chi connectivity index (χ1) is 11.1. The molecule has 2 rings (SSSR count). The Hall–Kier alpha value is -2.30. The zero-order valence-corrected chi connectivity index (χ0v) is 14.3. The van der Waals surface area contributed by atoms with Gasteiger partial charge in [0.1, 0.15) is 0 Å². The molecule has 0 fully saturated rings. The van der Waals surface area contributed by atoms with Crippen LogP contribution >= 0.6 is 0 Å². The van der Waals surface area contributed by atoms with E-state index in [1.54, 1.807) is 12.1 Å². The summed E-state index contributed by atoms with van der Waals surface area (Å²) in [5.41, 5.74) is 1.35. The molecule has 0 aliphatic heterocycles. The zero-order chi connectivity index (χ0) is 16.7. The Labute approximate surface area is 140 Å². The Morgan fingerprint density at radius 3 is 2.35 bits per heavy atom. The summed E-state index contributed by atoms with van der Waals surface area (Å²) in [5, 5.41) is 11.7. The number of carboxylic acids is 1. The third-order valence-electron chi connectivity index (χ3n) is 3.17. The number of hydrogen-bond acceptors (Lipinski definition) is 3. The quantitative estimate of drug-likeness (QED) is 0.755. The molecular formula is C17H17NO4Se. The maximum absolute atomic E-state index is 11.8. The monoisotopic (exact) mass is 379 g/mol. The Morgan fingerprint density at radius 2 is 1.78 bits per heavy atom. The summed E-state index contributed by atoms with van der Waals surface area (Å²) in [7, 11) is 0. The summed E-state index contributed by atoms with van der Waals surface area (Å²) in [6.07, 6.45) is -0.759. The van der Waals surface area contributed by atoms with Crippen molar-refractivity contribution in [3.63, 3.8) is 0 Å². The number of amides is 1. The van der Waals surface area contributed by atoms with Gasteiger partial charge >= 0.3 is 134 Å². The van der Waals surface area contributed by atoms with Gasteiger partial charge in [0, 0.05) is 0 Å². The van der Waals surface area contributed by atoms with Crippen molar-refractivity contribution in [2.24, 2.45) is 0 Å². The summed E-state index contributed by atoms with van der Waals surface area (Å²) in [6, 6.07) is 15.3. The van der Waals surface area contributed by atoms with Gasteiger partial charge in [0.2, 0.25) is 0 Å². The first kappa shape index (κ1) is 17.1. The fourth-order valence-electron chi connectivity index (χ4n) is 1.97. The van der Waals surface area contributed by atoms with E-state index in [0.717, 1.165) is 10.0 Å². The van der Waals surface area contributed by atoms with Crippen molar-refractivity contribution < 1.29 is 19.4 Å². The Kier molecular flexibility index (Phi) is 6.20. The standard InChI is InChI=1S/C17H17NO4Se/c1-23-14-9-7-13(8-10-14)15(16(19)20)18-17(21)22-11-12-5-3-2-4-6-12/h2-10,15H,11H2,1H3,(H,18,21)(H,19,20). The number of ether oxygens (including phenoxy) is 1. The van der Waals surface area contributed by atoms with Crippen LogP contribution in [0.5, 0.6) is 0 Å². The molecule has 0 aliphatic rings. The van der Waals surface area contributed by atoms with Gasteiger partial charge in [-0.1, -0.05) is 6.07 Å². The second kappa shape index (κ2) is 8.36. The van der Waals surface area contributed by atoms with Crippen LogP contribution in [0.2, 0.25) is 5.82 Å². The van der Waals surface area contributed by atoms with Crippen LogP contribution in [0.4, 0.5) is 4.79 Å². The van der Waals surface area contributed by atoms with Gasteiger partial charge in [-0.15, -0.1) is 0 Å². The molecule has 5 nitrogen and oxygen atoms in total. The molecule has 0 radical (unpaired) electrons. The van der Waals surface area contributed by atoms with Gasteiger partial charge in [0.15, 0.2) is 0 Å². The van der Waals surface area contributed by atoms with Gasteiger partial charge in [0.25, 0.3) is 0 Å². The van der Waals surface area contributed by atoms with Crippen molar-refractivity contribution in [2.45, 2.75) is 18.5 Å². The van der Waals surface area contributed by atoms with Gasteiger partial charge in [-0.05, 0) is 0 Å². The normalized spacial score (nSPS) is 11.5. The van der Waals surface area contributed by atoms with Gasteiger partial charge in [-0.3, -0.25) is 0 Å². The Morgan fingerprint density at radius 1 is 1.13 bits per heavy atom.